The Hall–Kier alpha value is -6.94. The second-order valence-electron chi connectivity index (χ2n) is 17.8. The van der Waals surface area contributed by atoms with Crippen molar-refractivity contribution in [1.29, 1.82) is 0 Å². The number of H-pyrrole nitrogens is 2. The number of nitrogens with one attached hydrogen (secondary N) is 4. The number of anilines is 1. The zero-order valence-corrected chi connectivity index (χ0v) is 36.0. The summed E-state index contributed by atoms with van der Waals surface area (Å²) >= 11 is 0. The Morgan fingerprint density at radius 2 is 1.78 bits per heavy atom. The molecule has 3 amide bonds. The molecule has 3 fully saturated rings. The number of amides is 3. The summed E-state index contributed by atoms with van der Waals surface area (Å²) in [5.74, 6) is 1.90. The highest BCUT2D eigenvalue weighted by Gasteiger charge is 2.56. The van der Waals surface area contributed by atoms with Crippen LogP contribution >= 0.6 is 0 Å². The van der Waals surface area contributed by atoms with Gasteiger partial charge in [0.15, 0.2) is 5.78 Å². The lowest BCUT2D eigenvalue weighted by Crippen LogP contribution is -2.51. The monoisotopic (exact) mass is 866 g/mol. The number of carbonyl (C=O) groups is 4. The maximum atomic E-state index is 14.2. The van der Waals surface area contributed by atoms with Crippen LogP contribution in [-0.2, 0) is 25.7 Å². The molecule has 4 aromatic carbocycles. The SMILES string of the molecule is COCC1C[C@@H](c2ncc(-c3ccc4c(c3)COc3cc5c(ccc6[nH]c(N7[C@@H]8C[C@@H]8C[C@H]7C(=O)[C@H](NC(=O)O)c7ccccc7)nc65)cc3-4)[nH]2)N(C(=O)[C@@H](NC(=O)OC)C(C)C)C1. The van der Waals surface area contributed by atoms with E-state index in [2.05, 4.69) is 55.8 Å². The molecule has 2 aromatic heterocycles. The molecule has 16 heteroatoms. The molecule has 5 heterocycles. The third-order valence-electron chi connectivity index (χ3n) is 13.4. The average molecular weight is 867 g/mol. The molecule has 0 spiro atoms. The zero-order chi connectivity index (χ0) is 44.4. The van der Waals surface area contributed by atoms with Crippen LogP contribution in [0.3, 0.4) is 0 Å². The summed E-state index contributed by atoms with van der Waals surface area (Å²) in [4.78, 5) is 72.9. The van der Waals surface area contributed by atoms with Crippen LogP contribution in [0.5, 0.6) is 5.75 Å². The third-order valence-corrected chi connectivity index (χ3v) is 13.4. The molecule has 6 aromatic rings. The number of piperidine rings is 1. The van der Waals surface area contributed by atoms with Gasteiger partial charge in [-0.1, -0.05) is 62.4 Å². The van der Waals surface area contributed by atoms with E-state index in [-0.39, 0.29) is 35.6 Å². The Morgan fingerprint density at radius 3 is 2.55 bits per heavy atom. The molecule has 1 saturated carbocycles. The lowest BCUT2D eigenvalue weighted by molar-refractivity contribution is -0.135. The van der Waals surface area contributed by atoms with Crippen molar-refractivity contribution in [3.63, 3.8) is 0 Å². The van der Waals surface area contributed by atoms with Crippen LogP contribution in [0, 0.1) is 17.8 Å². The van der Waals surface area contributed by atoms with Gasteiger partial charge in [0.2, 0.25) is 11.9 Å². The number of carboxylic acid groups (broad SMARTS) is 1. The molecular formula is C48H50N8O8. The van der Waals surface area contributed by atoms with Crippen molar-refractivity contribution in [3.05, 3.63) is 95.9 Å². The Kier molecular flexibility index (Phi) is 10.5. The zero-order valence-electron chi connectivity index (χ0n) is 36.0. The molecule has 16 nitrogen and oxygen atoms in total. The van der Waals surface area contributed by atoms with Crippen LogP contribution in [0.1, 0.15) is 62.1 Å². The molecule has 5 N–H and O–H groups in total. The van der Waals surface area contributed by atoms with Crippen LogP contribution in [-0.4, -0.2) is 99.3 Å². The van der Waals surface area contributed by atoms with Crippen molar-refractivity contribution in [2.45, 2.75) is 69.9 Å². The summed E-state index contributed by atoms with van der Waals surface area (Å²) < 4.78 is 16.7. The molecule has 1 aliphatic carbocycles. The number of carbonyl (C=O) groups excluding carboxylic acids is 3. The van der Waals surface area contributed by atoms with Crippen molar-refractivity contribution in [3.8, 4) is 28.1 Å². The van der Waals surface area contributed by atoms with E-state index in [1.807, 2.05) is 32.0 Å². The van der Waals surface area contributed by atoms with E-state index in [1.54, 1.807) is 42.5 Å². The van der Waals surface area contributed by atoms with Crippen molar-refractivity contribution in [1.82, 2.24) is 35.5 Å². The number of ketones is 1. The van der Waals surface area contributed by atoms with Gasteiger partial charge in [0.1, 0.15) is 30.3 Å². The summed E-state index contributed by atoms with van der Waals surface area (Å²) in [6.45, 7) is 5.10. The quantitative estimate of drug-likeness (QED) is 0.0837. The number of hydrogen-bond donors (Lipinski definition) is 5. The molecular weight excluding hydrogens is 817 g/mol. The van der Waals surface area contributed by atoms with Crippen molar-refractivity contribution < 1.29 is 38.5 Å². The second kappa shape index (κ2) is 16.3. The minimum atomic E-state index is -1.25. The van der Waals surface area contributed by atoms with Gasteiger partial charge in [-0.25, -0.2) is 19.6 Å². The Labute approximate surface area is 368 Å². The van der Waals surface area contributed by atoms with E-state index in [1.165, 1.54) is 7.11 Å². The highest BCUT2D eigenvalue weighted by molar-refractivity contribution is 6.08. The van der Waals surface area contributed by atoms with Crippen LogP contribution in [0.2, 0.25) is 0 Å². The topological polar surface area (TPSA) is 204 Å². The fourth-order valence-corrected chi connectivity index (χ4v) is 10.2. The molecule has 3 aliphatic heterocycles. The van der Waals surface area contributed by atoms with E-state index in [0.29, 0.717) is 55.9 Å². The lowest BCUT2D eigenvalue weighted by Gasteiger charge is -2.30. The number of benzene rings is 4. The standard InChI is InChI=1S/C48H50N8O8/c1-24(2)40(54-48(61)63-4)45(58)55-21-25(22-62-3)14-38(55)44-49-20-35(50-44)28-10-12-31-30(15-28)23-64-39-19-32-27(16-33(31)39)11-13-34-42(32)52-46(51-34)56-36-17-29(36)18-37(56)43(57)41(53-47(59)60)26-8-6-5-7-9-26/h5-13,15-16,19-20,24-25,29,36-38,40-41,53H,14,17-18,21-23H2,1-4H3,(H,49,50)(H,51,52)(H,54,61)(H,59,60)/t25?,29-,36-,37+,38+,40+,41-/m1/s1. The largest absolute Gasteiger partial charge is 0.488 e. The predicted octanol–water partition coefficient (Wildman–Crippen LogP) is 7.13. The van der Waals surface area contributed by atoms with Gasteiger partial charge in [-0.05, 0) is 83.0 Å². The average Bonchev–Trinajstić information content (AvgIpc) is 3.76. The van der Waals surface area contributed by atoms with E-state index in [9.17, 15) is 24.3 Å². The lowest BCUT2D eigenvalue weighted by atomic mass is 9.92. The molecule has 330 valence electrons. The number of methoxy groups -OCH3 is 2. The first kappa shape index (κ1) is 41.1. The number of rotatable bonds is 12. The first-order valence-corrected chi connectivity index (χ1v) is 21.8. The first-order chi connectivity index (χ1) is 31.0. The number of Topliss-reactive ketones (excluding diaryl/α,β-unsaturated/α-hetero) is 1. The summed E-state index contributed by atoms with van der Waals surface area (Å²) in [5, 5.41) is 16.8. The first-order valence-electron chi connectivity index (χ1n) is 21.8. The fourth-order valence-electron chi connectivity index (χ4n) is 10.2. The van der Waals surface area contributed by atoms with Crippen molar-refractivity contribution in [2.75, 3.05) is 32.3 Å². The molecule has 4 aliphatic rings. The summed E-state index contributed by atoms with van der Waals surface area (Å²) in [6.07, 6.45) is 2.15. The summed E-state index contributed by atoms with van der Waals surface area (Å²) in [6, 6.07) is 21.0. The van der Waals surface area contributed by atoms with Crippen molar-refractivity contribution in [2.24, 2.45) is 17.8 Å². The normalized spacial score (nSPS) is 21.8. The maximum absolute atomic E-state index is 14.2. The molecule has 64 heavy (non-hydrogen) atoms. The van der Waals surface area contributed by atoms with Gasteiger partial charge in [0.05, 0.1) is 48.7 Å². The minimum Gasteiger partial charge on any atom is -0.488 e. The third kappa shape index (κ3) is 7.34. The van der Waals surface area contributed by atoms with Gasteiger partial charge in [0, 0.05) is 36.6 Å². The number of aromatic amines is 2. The Bertz CT molecular complexity index is 2800. The van der Waals surface area contributed by atoms with Crippen molar-refractivity contribution >= 4 is 51.6 Å². The molecule has 0 bridgehead atoms. The number of fused-ring (bicyclic) bond motifs is 7. The molecule has 10 rings (SSSR count). The van der Waals surface area contributed by atoms with Crippen LogP contribution in [0.4, 0.5) is 15.5 Å². The number of alkyl carbamates (subject to hydrolysis) is 1. The van der Waals surface area contributed by atoms with Gasteiger partial charge < -0.3 is 49.7 Å². The van der Waals surface area contributed by atoms with Crippen LogP contribution < -0.4 is 20.3 Å². The molecule has 1 unspecified atom stereocenters. The minimum absolute atomic E-state index is 0.100. The second-order valence-corrected chi connectivity index (χ2v) is 17.8. The fraction of sp³-hybridized carbons (Fsp3) is 0.375. The number of imidazole rings is 2. The highest BCUT2D eigenvalue weighted by Crippen LogP contribution is 2.51. The van der Waals surface area contributed by atoms with Gasteiger partial charge in [-0.2, -0.15) is 0 Å². The van der Waals surface area contributed by atoms with E-state index >= 15 is 0 Å². The van der Waals surface area contributed by atoms with Gasteiger partial charge >= 0.3 is 12.2 Å². The van der Waals surface area contributed by atoms with E-state index < -0.39 is 30.3 Å². The van der Waals surface area contributed by atoms with Gasteiger partial charge in [-0.3, -0.25) is 9.59 Å². The molecule has 7 atom stereocenters. The number of aromatic nitrogens is 4. The van der Waals surface area contributed by atoms with Gasteiger partial charge in [-0.15, -0.1) is 0 Å². The smallest absolute Gasteiger partial charge is 0.407 e. The number of hydrogen-bond acceptors (Lipinski definition) is 10. The van der Waals surface area contributed by atoms with E-state index in [4.69, 9.17) is 24.2 Å². The predicted molar refractivity (Wildman–Crippen MR) is 238 cm³/mol. The molecule has 0 radical (unpaired) electrons. The van der Waals surface area contributed by atoms with Crippen LogP contribution in [0.15, 0.2) is 79.0 Å². The highest BCUT2D eigenvalue weighted by atomic mass is 16.5. The number of ether oxygens (including phenoxy) is 3. The molecule has 2 saturated heterocycles. The summed E-state index contributed by atoms with van der Waals surface area (Å²) in [7, 11) is 2.93. The number of likely N-dealkylation sites (tertiary alicyclic amines) is 1. The Balaban J connectivity index is 0.912. The van der Waals surface area contributed by atoms with Crippen LogP contribution in [0.25, 0.3) is 44.2 Å². The maximum Gasteiger partial charge on any atom is 0.407 e. The Morgan fingerprint density at radius 1 is 0.953 bits per heavy atom. The number of nitrogens with zero attached hydrogens (tertiary/aromatic N) is 4. The van der Waals surface area contributed by atoms with Gasteiger partial charge in [0.25, 0.3) is 0 Å². The van der Waals surface area contributed by atoms with E-state index in [0.717, 1.165) is 61.9 Å². The summed E-state index contributed by atoms with van der Waals surface area (Å²) in [5.41, 5.74) is 6.99.